The number of aryl methyl sites for hydroxylation is 1. The van der Waals surface area contributed by atoms with Crippen molar-refractivity contribution in [2.45, 2.75) is 20.4 Å². The second kappa shape index (κ2) is 11.9. The van der Waals surface area contributed by atoms with E-state index in [0.717, 1.165) is 16.9 Å². The minimum Gasteiger partial charge on any atom is -0.465 e. The highest BCUT2D eigenvalue weighted by Gasteiger charge is 2.25. The van der Waals surface area contributed by atoms with Gasteiger partial charge in [0.1, 0.15) is 4.88 Å². The summed E-state index contributed by atoms with van der Waals surface area (Å²) in [7, 11) is 1.26. The van der Waals surface area contributed by atoms with Crippen LogP contribution in [0.15, 0.2) is 54.6 Å². The number of amides is 1. The quantitative estimate of drug-likeness (QED) is 0.325. The summed E-state index contributed by atoms with van der Waals surface area (Å²) < 4.78 is 14.9. The maximum absolute atomic E-state index is 13.1. The molecule has 0 atom stereocenters. The molecule has 3 aromatic rings. The Hall–Kier alpha value is -4.05. The number of nitrogens with zero attached hydrogens (tertiary/aromatic N) is 2. The third kappa shape index (κ3) is 6.51. The summed E-state index contributed by atoms with van der Waals surface area (Å²) in [5.41, 5.74) is 1.73. The van der Waals surface area contributed by atoms with Crippen LogP contribution in [-0.4, -0.2) is 49.1 Å². The second-order valence-electron chi connectivity index (χ2n) is 7.24. The molecule has 0 spiro atoms. The van der Waals surface area contributed by atoms with E-state index in [-0.39, 0.29) is 29.4 Å². The van der Waals surface area contributed by atoms with Gasteiger partial charge < -0.3 is 14.2 Å². The summed E-state index contributed by atoms with van der Waals surface area (Å²) in [6.07, 6.45) is 0. The molecule has 10 heteroatoms. The SMILES string of the molecule is CCOC(=O)c1sc(N(Cc2ccccc2)C(=O)COC(=O)c2ccc(C(=O)OC)cc2)nc1C. The number of carbonyl (C=O) groups excluding carboxylic acids is 4. The Morgan fingerprint density at radius 3 is 2.11 bits per heavy atom. The van der Waals surface area contributed by atoms with Gasteiger partial charge in [-0.3, -0.25) is 9.69 Å². The van der Waals surface area contributed by atoms with Crippen LogP contribution in [0.3, 0.4) is 0 Å². The van der Waals surface area contributed by atoms with Crippen LogP contribution in [0.25, 0.3) is 0 Å². The third-order valence-electron chi connectivity index (χ3n) is 4.83. The average molecular weight is 497 g/mol. The molecule has 0 bridgehead atoms. The van der Waals surface area contributed by atoms with E-state index < -0.39 is 30.4 Å². The monoisotopic (exact) mass is 496 g/mol. The second-order valence-corrected chi connectivity index (χ2v) is 8.22. The first-order chi connectivity index (χ1) is 16.8. The molecule has 2 aromatic carbocycles. The summed E-state index contributed by atoms with van der Waals surface area (Å²) in [6.45, 7) is 3.21. The number of rotatable bonds is 9. The number of aromatic nitrogens is 1. The highest BCUT2D eigenvalue weighted by atomic mass is 32.1. The van der Waals surface area contributed by atoms with Gasteiger partial charge in [0.2, 0.25) is 0 Å². The predicted molar refractivity (Wildman–Crippen MR) is 129 cm³/mol. The highest BCUT2D eigenvalue weighted by molar-refractivity contribution is 7.17. The van der Waals surface area contributed by atoms with E-state index in [1.54, 1.807) is 13.8 Å². The molecule has 0 N–H and O–H groups in total. The van der Waals surface area contributed by atoms with Crippen molar-refractivity contribution in [1.82, 2.24) is 4.98 Å². The van der Waals surface area contributed by atoms with Crippen LogP contribution >= 0.6 is 11.3 Å². The van der Waals surface area contributed by atoms with Crippen molar-refractivity contribution < 1.29 is 33.4 Å². The molecule has 0 aliphatic rings. The minimum absolute atomic E-state index is 0.167. The fourth-order valence-electron chi connectivity index (χ4n) is 3.06. The Kier molecular flexibility index (Phi) is 8.69. The lowest BCUT2D eigenvalue weighted by Gasteiger charge is -2.20. The fraction of sp³-hybridized carbons (Fsp3) is 0.240. The molecule has 1 aromatic heterocycles. The molecule has 35 heavy (non-hydrogen) atoms. The molecule has 0 aliphatic carbocycles. The molecule has 0 radical (unpaired) electrons. The first-order valence-corrected chi connectivity index (χ1v) is 11.5. The summed E-state index contributed by atoms with van der Waals surface area (Å²) in [5.74, 6) is -2.28. The number of esters is 3. The summed E-state index contributed by atoms with van der Waals surface area (Å²) in [6, 6.07) is 14.9. The average Bonchev–Trinajstić information content (AvgIpc) is 3.27. The molecule has 0 saturated heterocycles. The topological polar surface area (TPSA) is 112 Å². The van der Waals surface area contributed by atoms with Gasteiger partial charge in [-0.05, 0) is 43.7 Å². The standard InChI is InChI=1S/C25H24N2O7S/c1-4-33-24(31)21-16(2)26-25(35-21)27(14-17-8-6-5-7-9-17)20(28)15-34-23(30)19-12-10-18(11-13-19)22(29)32-3/h5-13H,4,14-15H2,1-3H3. The number of hydrogen-bond donors (Lipinski definition) is 0. The summed E-state index contributed by atoms with van der Waals surface area (Å²) in [5, 5.41) is 0.290. The molecule has 0 saturated carbocycles. The number of carbonyl (C=O) groups is 4. The Bertz CT molecular complexity index is 1210. The predicted octanol–water partition coefficient (Wildman–Crippen LogP) is 3.81. The normalized spacial score (nSPS) is 10.4. The van der Waals surface area contributed by atoms with Crippen LogP contribution in [0, 0.1) is 6.92 Å². The molecule has 1 amide bonds. The number of methoxy groups -OCH3 is 1. The van der Waals surface area contributed by atoms with E-state index in [1.807, 2.05) is 30.3 Å². The first-order valence-electron chi connectivity index (χ1n) is 10.7. The van der Waals surface area contributed by atoms with E-state index in [9.17, 15) is 19.2 Å². The van der Waals surface area contributed by atoms with Gasteiger partial charge >= 0.3 is 17.9 Å². The number of benzene rings is 2. The first kappa shape index (κ1) is 25.6. The number of thiazole rings is 1. The lowest BCUT2D eigenvalue weighted by molar-refractivity contribution is -0.121. The van der Waals surface area contributed by atoms with Crippen molar-refractivity contribution in [3.05, 3.63) is 81.9 Å². The van der Waals surface area contributed by atoms with Crippen molar-refractivity contribution in [1.29, 1.82) is 0 Å². The molecular weight excluding hydrogens is 472 g/mol. The Morgan fingerprint density at radius 1 is 0.886 bits per heavy atom. The Balaban J connectivity index is 1.77. The van der Waals surface area contributed by atoms with Gasteiger partial charge in [0.05, 0.1) is 37.1 Å². The largest absolute Gasteiger partial charge is 0.465 e. The maximum Gasteiger partial charge on any atom is 0.350 e. The third-order valence-corrected chi connectivity index (χ3v) is 5.99. The van der Waals surface area contributed by atoms with Crippen molar-refractivity contribution in [3.8, 4) is 0 Å². The van der Waals surface area contributed by atoms with Gasteiger partial charge in [-0.15, -0.1) is 0 Å². The molecule has 0 unspecified atom stereocenters. The van der Waals surface area contributed by atoms with Crippen LogP contribution < -0.4 is 4.90 Å². The summed E-state index contributed by atoms with van der Waals surface area (Å²) in [4.78, 5) is 55.4. The molecule has 0 fully saturated rings. The molecule has 9 nitrogen and oxygen atoms in total. The molecule has 0 aliphatic heterocycles. The zero-order valence-corrected chi connectivity index (χ0v) is 20.3. The van der Waals surface area contributed by atoms with Crippen LogP contribution in [-0.2, 0) is 25.5 Å². The van der Waals surface area contributed by atoms with Crippen LogP contribution in [0.2, 0.25) is 0 Å². The van der Waals surface area contributed by atoms with E-state index >= 15 is 0 Å². The van der Waals surface area contributed by atoms with Crippen molar-refractivity contribution in [3.63, 3.8) is 0 Å². The molecular formula is C25H24N2O7S. The Morgan fingerprint density at radius 2 is 1.51 bits per heavy atom. The van der Waals surface area contributed by atoms with Crippen LogP contribution in [0.5, 0.6) is 0 Å². The van der Waals surface area contributed by atoms with E-state index in [0.29, 0.717) is 10.6 Å². The molecule has 182 valence electrons. The van der Waals surface area contributed by atoms with Crippen LogP contribution in [0.1, 0.15) is 48.6 Å². The minimum atomic E-state index is -0.725. The van der Waals surface area contributed by atoms with Gasteiger partial charge in [0, 0.05) is 0 Å². The van der Waals surface area contributed by atoms with Crippen molar-refractivity contribution in [2.75, 3.05) is 25.2 Å². The van der Waals surface area contributed by atoms with E-state index in [2.05, 4.69) is 9.72 Å². The van der Waals surface area contributed by atoms with Crippen molar-refractivity contribution >= 4 is 40.3 Å². The molecule has 3 rings (SSSR count). The lowest BCUT2D eigenvalue weighted by Crippen LogP contribution is -2.34. The van der Waals surface area contributed by atoms with Gasteiger partial charge in [0.25, 0.3) is 5.91 Å². The van der Waals surface area contributed by atoms with Gasteiger partial charge in [0.15, 0.2) is 11.7 Å². The maximum atomic E-state index is 13.1. The lowest BCUT2D eigenvalue weighted by atomic mass is 10.1. The van der Waals surface area contributed by atoms with Crippen LogP contribution in [0.4, 0.5) is 5.13 Å². The number of anilines is 1. The van der Waals surface area contributed by atoms with Crippen molar-refractivity contribution in [2.24, 2.45) is 0 Å². The van der Waals surface area contributed by atoms with Gasteiger partial charge in [-0.25, -0.2) is 19.4 Å². The van der Waals surface area contributed by atoms with Gasteiger partial charge in [-0.2, -0.15) is 0 Å². The smallest absolute Gasteiger partial charge is 0.350 e. The zero-order chi connectivity index (χ0) is 25.4. The Labute approximate surface area is 206 Å². The molecule has 1 heterocycles. The highest BCUT2D eigenvalue weighted by Crippen LogP contribution is 2.28. The number of ether oxygens (including phenoxy) is 3. The fourth-order valence-corrected chi connectivity index (χ4v) is 4.04. The van der Waals surface area contributed by atoms with E-state index in [4.69, 9.17) is 9.47 Å². The number of hydrogen-bond acceptors (Lipinski definition) is 9. The van der Waals surface area contributed by atoms with E-state index in [1.165, 1.54) is 36.3 Å². The summed E-state index contributed by atoms with van der Waals surface area (Å²) >= 11 is 1.04. The zero-order valence-electron chi connectivity index (χ0n) is 19.5. The van der Waals surface area contributed by atoms with Gasteiger partial charge in [-0.1, -0.05) is 41.7 Å².